The molecule has 0 atom stereocenters. The first-order valence-electron chi connectivity index (χ1n) is 5.67. The van der Waals surface area contributed by atoms with Gasteiger partial charge in [0.25, 0.3) is 0 Å². The lowest BCUT2D eigenvalue weighted by Gasteiger charge is -2.06. The number of hydrogen-bond acceptors (Lipinski definition) is 2. The van der Waals surface area contributed by atoms with Crippen molar-refractivity contribution in [1.82, 2.24) is 4.98 Å². The second-order valence-corrected chi connectivity index (χ2v) is 4.66. The monoisotopic (exact) mass is 351 g/mol. The maximum atomic E-state index is 5.63. The van der Waals surface area contributed by atoms with Gasteiger partial charge in [-0.2, -0.15) is 4.57 Å². The van der Waals surface area contributed by atoms with Crippen molar-refractivity contribution in [3.63, 3.8) is 0 Å². The Morgan fingerprint density at radius 3 is 2.72 bits per heavy atom. The van der Waals surface area contributed by atoms with E-state index in [1.807, 2.05) is 30.3 Å². The van der Waals surface area contributed by atoms with Crippen molar-refractivity contribution >= 4 is 44.7 Å². The van der Waals surface area contributed by atoms with Gasteiger partial charge in [-0.25, -0.2) is 4.98 Å². The number of aryl methyl sites for hydroxylation is 1. The standard InChI is InChI=1S/C14H12IN2O/c1-17-11-6-3-2-5-10(11)16-14-12(17)7-4-8-13(14)18-9-15/h2-8H,9H2,1H3/q+1. The number of aromatic nitrogens is 2. The first kappa shape index (κ1) is 11.6. The van der Waals surface area contributed by atoms with Gasteiger partial charge in [-0.1, -0.05) is 18.2 Å². The lowest BCUT2D eigenvalue weighted by Crippen LogP contribution is -2.30. The second-order valence-electron chi connectivity index (χ2n) is 4.04. The number of para-hydroxylation sites is 3. The van der Waals surface area contributed by atoms with E-state index in [0.717, 1.165) is 27.8 Å². The number of nitrogens with zero attached hydrogens (tertiary/aromatic N) is 2. The molecule has 0 spiro atoms. The Hall–Kier alpha value is -1.43. The van der Waals surface area contributed by atoms with Crippen LogP contribution in [0.5, 0.6) is 5.75 Å². The normalized spacial score (nSPS) is 11.0. The van der Waals surface area contributed by atoms with Crippen LogP contribution in [0, 0.1) is 0 Å². The van der Waals surface area contributed by atoms with Crippen LogP contribution in [-0.2, 0) is 7.05 Å². The summed E-state index contributed by atoms with van der Waals surface area (Å²) >= 11 is 2.19. The van der Waals surface area contributed by atoms with E-state index in [4.69, 9.17) is 9.72 Å². The molecule has 0 bridgehead atoms. The number of benzene rings is 2. The van der Waals surface area contributed by atoms with Crippen LogP contribution in [0.15, 0.2) is 42.5 Å². The highest BCUT2D eigenvalue weighted by molar-refractivity contribution is 14.1. The van der Waals surface area contributed by atoms with Gasteiger partial charge in [0.1, 0.15) is 17.2 Å². The molecule has 0 saturated carbocycles. The molecule has 18 heavy (non-hydrogen) atoms. The predicted octanol–water partition coefficient (Wildman–Crippen LogP) is 2.98. The summed E-state index contributed by atoms with van der Waals surface area (Å²) in [6.45, 7) is 0. The van der Waals surface area contributed by atoms with E-state index in [0.29, 0.717) is 4.61 Å². The molecule has 1 aromatic heterocycles. The van der Waals surface area contributed by atoms with Gasteiger partial charge >= 0.3 is 0 Å². The van der Waals surface area contributed by atoms with Gasteiger partial charge in [-0.3, -0.25) is 0 Å². The molecular weight excluding hydrogens is 339 g/mol. The van der Waals surface area contributed by atoms with Crippen molar-refractivity contribution in [3.8, 4) is 5.75 Å². The fraction of sp³-hybridized carbons (Fsp3) is 0.143. The number of ether oxygens (including phenoxy) is 1. The van der Waals surface area contributed by atoms with Crippen molar-refractivity contribution in [2.75, 3.05) is 4.61 Å². The molecule has 3 nitrogen and oxygen atoms in total. The zero-order chi connectivity index (χ0) is 12.5. The molecule has 90 valence electrons. The largest absolute Gasteiger partial charge is 0.481 e. The van der Waals surface area contributed by atoms with Crippen LogP contribution >= 0.6 is 22.6 Å². The summed E-state index contributed by atoms with van der Waals surface area (Å²) in [5.41, 5.74) is 4.10. The van der Waals surface area contributed by atoms with Gasteiger partial charge in [0.2, 0.25) is 11.0 Å². The summed E-state index contributed by atoms with van der Waals surface area (Å²) in [4.78, 5) is 4.71. The minimum Gasteiger partial charge on any atom is -0.481 e. The van der Waals surface area contributed by atoms with Crippen LogP contribution in [0.3, 0.4) is 0 Å². The van der Waals surface area contributed by atoms with Crippen LogP contribution in [-0.4, -0.2) is 9.60 Å². The molecule has 0 saturated heterocycles. The molecule has 0 aliphatic carbocycles. The Morgan fingerprint density at radius 1 is 1.11 bits per heavy atom. The Balaban J connectivity index is 2.43. The smallest absolute Gasteiger partial charge is 0.235 e. The Kier molecular flexibility index (Phi) is 3.03. The predicted molar refractivity (Wildman–Crippen MR) is 79.9 cm³/mol. The van der Waals surface area contributed by atoms with Crippen LogP contribution in [0.2, 0.25) is 0 Å². The molecule has 0 fully saturated rings. The Labute approximate surface area is 119 Å². The van der Waals surface area contributed by atoms with E-state index in [-0.39, 0.29) is 0 Å². The molecule has 3 rings (SSSR count). The van der Waals surface area contributed by atoms with Gasteiger partial charge in [-0.05, 0) is 34.7 Å². The fourth-order valence-electron chi connectivity index (χ4n) is 2.16. The molecule has 3 aromatic rings. The molecule has 0 amide bonds. The summed E-state index contributed by atoms with van der Waals surface area (Å²) in [5.74, 6) is 0.836. The topological polar surface area (TPSA) is 26.0 Å². The first-order valence-corrected chi connectivity index (χ1v) is 7.20. The van der Waals surface area contributed by atoms with Gasteiger partial charge in [0, 0.05) is 12.1 Å². The SMILES string of the molecule is C[n+]1c2ccccc2nc2c(OCI)cccc21. The summed E-state index contributed by atoms with van der Waals surface area (Å²) in [7, 11) is 2.06. The molecule has 2 aromatic carbocycles. The van der Waals surface area contributed by atoms with Crippen LogP contribution in [0.4, 0.5) is 0 Å². The fourth-order valence-corrected chi connectivity index (χ4v) is 2.50. The van der Waals surface area contributed by atoms with Crippen molar-refractivity contribution < 1.29 is 9.30 Å². The summed E-state index contributed by atoms with van der Waals surface area (Å²) in [6, 6.07) is 14.2. The van der Waals surface area contributed by atoms with E-state index in [2.05, 4.69) is 46.3 Å². The van der Waals surface area contributed by atoms with Crippen molar-refractivity contribution in [1.29, 1.82) is 0 Å². The number of hydrogen-bond donors (Lipinski definition) is 0. The van der Waals surface area contributed by atoms with E-state index >= 15 is 0 Å². The Morgan fingerprint density at radius 2 is 1.89 bits per heavy atom. The summed E-state index contributed by atoms with van der Waals surface area (Å²) in [5, 5.41) is 0. The van der Waals surface area contributed by atoms with E-state index in [1.54, 1.807) is 0 Å². The molecule has 0 aliphatic rings. The zero-order valence-corrected chi connectivity index (χ0v) is 12.1. The van der Waals surface area contributed by atoms with Gasteiger partial charge in [-0.15, -0.1) is 0 Å². The van der Waals surface area contributed by atoms with Crippen molar-refractivity contribution in [2.24, 2.45) is 7.05 Å². The molecule has 1 heterocycles. The average Bonchev–Trinajstić information content (AvgIpc) is 2.40. The highest BCUT2D eigenvalue weighted by Crippen LogP contribution is 2.23. The van der Waals surface area contributed by atoms with Crippen LogP contribution in [0.1, 0.15) is 0 Å². The molecule has 0 aliphatic heterocycles. The van der Waals surface area contributed by atoms with Crippen molar-refractivity contribution in [2.45, 2.75) is 0 Å². The lowest BCUT2D eigenvalue weighted by molar-refractivity contribution is -0.617. The van der Waals surface area contributed by atoms with Crippen LogP contribution < -0.4 is 9.30 Å². The van der Waals surface area contributed by atoms with Crippen LogP contribution in [0.25, 0.3) is 22.1 Å². The summed E-state index contributed by atoms with van der Waals surface area (Å²) in [6.07, 6.45) is 0. The molecular formula is C14H12IN2O+. The van der Waals surface area contributed by atoms with E-state index in [1.165, 1.54) is 0 Å². The molecule has 4 heteroatoms. The second kappa shape index (κ2) is 4.68. The summed E-state index contributed by atoms with van der Waals surface area (Å²) < 4.78 is 8.40. The highest BCUT2D eigenvalue weighted by Gasteiger charge is 2.15. The molecule has 0 radical (unpaired) electrons. The Bertz CT molecular complexity index is 727. The quantitative estimate of drug-likeness (QED) is 0.307. The molecule has 0 unspecified atom stereocenters. The lowest BCUT2D eigenvalue weighted by atomic mass is 10.2. The van der Waals surface area contributed by atoms with Crippen molar-refractivity contribution in [3.05, 3.63) is 42.5 Å². The van der Waals surface area contributed by atoms with E-state index < -0.39 is 0 Å². The maximum Gasteiger partial charge on any atom is 0.235 e. The third kappa shape index (κ3) is 1.80. The molecule has 0 N–H and O–H groups in total. The van der Waals surface area contributed by atoms with Gasteiger partial charge in [0.05, 0.1) is 0 Å². The minimum absolute atomic E-state index is 0.620. The van der Waals surface area contributed by atoms with E-state index in [9.17, 15) is 0 Å². The highest BCUT2D eigenvalue weighted by atomic mass is 127. The number of halogens is 1. The zero-order valence-electron chi connectivity index (χ0n) is 9.93. The third-order valence-electron chi connectivity index (χ3n) is 3.02. The minimum atomic E-state index is 0.620. The maximum absolute atomic E-state index is 5.63. The average molecular weight is 351 g/mol. The number of rotatable bonds is 2. The third-order valence-corrected chi connectivity index (χ3v) is 3.34. The first-order chi connectivity index (χ1) is 8.81. The number of alkyl halides is 1. The number of fused-ring (bicyclic) bond motifs is 2. The van der Waals surface area contributed by atoms with Gasteiger partial charge in [0.15, 0.2) is 11.3 Å². The van der Waals surface area contributed by atoms with Gasteiger partial charge < -0.3 is 4.74 Å².